The number of benzene rings is 1. The standard InChI is InChI=1S/C22H21F3N4O3S/c1-11(30)29-8-7-15-14(10-29)17(22(23,24)25)16-18(26)19(33-21(16)28-15)20(31)27-9-12-3-5-13(32-2)6-4-12/h3-6H,7-10,26H2,1-2H3,(H,27,31). The summed E-state index contributed by atoms with van der Waals surface area (Å²) in [6.45, 7) is 1.57. The van der Waals surface area contributed by atoms with Crippen molar-refractivity contribution >= 4 is 39.1 Å². The SMILES string of the molecule is COc1ccc(CNC(=O)c2sc3nc4c(c(C(F)(F)F)c3c2N)CN(C(C)=O)CC4)cc1. The fraction of sp³-hybridized carbons (Fsp3) is 0.318. The van der Waals surface area contributed by atoms with Crippen LogP contribution in [0.4, 0.5) is 18.9 Å². The smallest absolute Gasteiger partial charge is 0.417 e. The monoisotopic (exact) mass is 478 g/mol. The van der Waals surface area contributed by atoms with E-state index < -0.39 is 17.6 Å². The van der Waals surface area contributed by atoms with Gasteiger partial charge in [-0.25, -0.2) is 4.98 Å². The molecule has 3 heterocycles. The lowest BCUT2D eigenvalue weighted by molar-refractivity contribution is -0.138. The summed E-state index contributed by atoms with van der Waals surface area (Å²) in [5.74, 6) is -0.231. The number of halogens is 3. The number of carbonyl (C=O) groups is 2. The molecule has 0 atom stereocenters. The van der Waals surface area contributed by atoms with Crippen molar-refractivity contribution in [1.82, 2.24) is 15.2 Å². The van der Waals surface area contributed by atoms with E-state index in [4.69, 9.17) is 10.5 Å². The summed E-state index contributed by atoms with van der Waals surface area (Å²) in [6, 6.07) is 7.02. The fourth-order valence-electron chi connectivity index (χ4n) is 3.88. The van der Waals surface area contributed by atoms with Crippen LogP contribution < -0.4 is 15.8 Å². The van der Waals surface area contributed by atoms with E-state index in [-0.39, 0.29) is 64.0 Å². The number of alkyl halides is 3. The number of hydrogen-bond donors (Lipinski definition) is 2. The van der Waals surface area contributed by atoms with Crippen molar-refractivity contribution in [2.45, 2.75) is 32.6 Å². The third-order valence-corrected chi connectivity index (χ3v) is 6.68. The van der Waals surface area contributed by atoms with Gasteiger partial charge in [0.15, 0.2) is 0 Å². The second-order valence-corrected chi connectivity index (χ2v) is 8.66. The van der Waals surface area contributed by atoms with E-state index in [1.807, 2.05) is 0 Å². The zero-order valence-electron chi connectivity index (χ0n) is 17.9. The molecule has 2 aromatic heterocycles. The lowest BCUT2D eigenvalue weighted by Crippen LogP contribution is -2.36. The van der Waals surface area contributed by atoms with Gasteiger partial charge in [-0.1, -0.05) is 12.1 Å². The zero-order valence-corrected chi connectivity index (χ0v) is 18.7. The summed E-state index contributed by atoms with van der Waals surface area (Å²) in [6.07, 6.45) is -4.53. The molecule has 4 rings (SSSR count). The maximum Gasteiger partial charge on any atom is 0.417 e. The van der Waals surface area contributed by atoms with Crippen LogP contribution in [-0.4, -0.2) is 35.4 Å². The van der Waals surface area contributed by atoms with Crippen LogP contribution in [0.3, 0.4) is 0 Å². The van der Waals surface area contributed by atoms with Gasteiger partial charge in [-0.05, 0) is 17.7 Å². The van der Waals surface area contributed by atoms with Gasteiger partial charge in [-0.15, -0.1) is 11.3 Å². The number of carbonyl (C=O) groups excluding carboxylic acids is 2. The van der Waals surface area contributed by atoms with Gasteiger partial charge in [-0.2, -0.15) is 13.2 Å². The third-order valence-electron chi connectivity index (χ3n) is 5.58. The molecule has 0 saturated heterocycles. The number of nitrogens with zero attached hydrogens (tertiary/aromatic N) is 2. The molecule has 1 aliphatic rings. The number of hydrogen-bond acceptors (Lipinski definition) is 6. The van der Waals surface area contributed by atoms with Gasteiger partial charge < -0.3 is 20.7 Å². The first-order chi connectivity index (χ1) is 15.6. The van der Waals surface area contributed by atoms with Crippen molar-refractivity contribution < 1.29 is 27.5 Å². The molecule has 11 heteroatoms. The van der Waals surface area contributed by atoms with Gasteiger partial charge in [0.05, 0.1) is 18.4 Å². The Bertz CT molecular complexity index is 1240. The molecule has 1 aromatic carbocycles. The number of nitrogen functional groups attached to an aromatic ring is 1. The van der Waals surface area contributed by atoms with E-state index in [1.165, 1.54) is 11.8 Å². The number of nitrogens with one attached hydrogen (secondary N) is 1. The fourth-order valence-corrected chi connectivity index (χ4v) is 4.92. The number of rotatable bonds is 4. The Hall–Kier alpha value is -3.34. The number of ether oxygens (including phenoxy) is 1. The minimum Gasteiger partial charge on any atom is -0.497 e. The van der Waals surface area contributed by atoms with E-state index in [2.05, 4.69) is 10.3 Å². The van der Waals surface area contributed by atoms with Gasteiger partial charge in [0.1, 0.15) is 15.5 Å². The number of anilines is 1. The Balaban J connectivity index is 1.71. The second-order valence-electron chi connectivity index (χ2n) is 7.66. The summed E-state index contributed by atoms with van der Waals surface area (Å²) in [4.78, 5) is 30.3. The number of thiophene rings is 1. The van der Waals surface area contributed by atoms with E-state index in [0.29, 0.717) is 5.75 Å². The largest absolute Gasteiger partial charge is 0.497 e. The lowest BCUT2D eigenvalue weighted by Gasteiger charge is -2.29. The van der Waals surface area contributed by atoms with E-state index in [1.54, 1.807) is 31.4 Å². The predicted octanol–water partition coefficient (Wildman–Crippen LogP) is 3.74. The molecule has 7 nitrogen and oxygen atoms in total. The predicted molar refractivity (Wildman–Crippen MR) is 118 cm³/mol. The quantitative estimate of drug-likeness (QED) is 0.596. The van der Waals surface area contributed by atoms with Gasteiger partial charge in [-0.3, -0.25) is 9.59 Å². The number of aromatic nitrogens is 1. The zero-order chi connectivity index (χ0) is 23.9. The molecule has 0 radical (unpaired) electrons. The van der Waals surface area contributed by atoms with E-state index in [0.717, 1.165) is 16.9 Å². The number of amides is 2. The second kappa shape index (κ2) is 8.54. The Morgan fingerprint density at radius 2 is 1.97 bits per heavy atom. The summed E-state index contributed by atoms with van der Waals surface area (Å²) >= 11 is 0.835. The molecule has 0 unspecified atom stereocenters. The van der Waals surface area contributed by atoms with Crippen LogP contribution in [0.25, 0.3) is 10.2 Å². The van der Waals surface area contributed by atoms with Crippen molar-refractivity contribution in [3.05, 3.63) is 51.5 Å². The summed E-state index contributed by atoms with van der Waals surface area (Å²) in [5, 5.41) is 2.41. The molecule has 0 aliphatic carbocycles. The first-order valence-corrected chi connectivity index (χ1v) is 10.9. The van der Waals surface area contributed by atoms with Crippen LogP contribution in [-0.2, 0) is 30.5 Å². The average molecular weight is 478 g/mol. The van der Waals surface area contributed by atoms with E-state index >= 15 is 0 Å². The maximum absolute atomic E-state index is 14.2. The third kappa shape index (κ3) is 4.32. The number of nitrogens with two attached hydrogens (primary N) is 1. The highest BCUT2D eigenvalue weighted by molar-refractivity contribution is 7.21. The number of fused-ring (bicyclic) bond motifs is 2. The van der Waals surface area contributed by atoms with Crippen molar-refractivity contribution in [1.29, 1.82) is 0 Å². The lowest BCUT2D eigenvalue weighted by atomic mass is 9.96. The van der Waals surface area contributed by atoms with Crippen LogP contribution in [0.15, 0.2) is 24.3 Å². The molecule has 3 N–H and O–H groups in total. The van der Waals surface area contributed by atoms with Gasteiger partial charge >= 0.3 is 6.18 Å². The van der Waals surface area contributed by atoms with Crippen LogP contribution >= 0.6 is 11.3 Å². The van der Waals surface area contributed by atoms with Crippen molar-refractivity contribution in [2.75, 3.05) is 19.4 Å². The Morgan fingerprint density at radius 3 is 2.58 bits per heavy atom. The summed E-state index contributed by atoms with van der Waals surface area (Å²) in [7, 11) is 1.54. The van der Waals surface area contributed by atoms with Crippen LogP contribution in [0.2, 0.25) is 0 Å². The molecule has 0 fully saturated rings. The molecule has 0 spiro atoms. The molecule has 1 aliphatic heterocycles. The van der Waals surface area contributed by atoms with Gasteiger partial charge in [0.25, 0.3) is 5.91 Å². The molecule has 33 heavy (non-hydrogen) atoms. The van der Waals surface area contributed by atoms with Gasteiger partial charge in [0, 0.05) is 49.6 Å². The number of pyridine rings is 1. The van der Waals surface area contributed by atoms with Crippen LogP contribution in [0, 0.1) is 0 Å². The summed E-state index contributed by atoms with van der Waals surface area (Å²) in [5.41, 5.74) is 5.91. The molecule has 2 amide bonds. The first kappa shape index (κ1) is 22.8. The Morgan fingerprint density at radius 1 is 1.27 bits per heavy atom. The first-order valence-electron chi connectivity index (χ1n) is 10.1. The molecule has 174 valence electrons. The number of methoxy groups -OCH3 is 1. The van der Waals surface area contributed by atoms with E-state index in [9.17, 15) is 22.8 Å². The summed E-state index contributed by atoms with van der Waals surface area (Å²) < 4.78 is 47.6. The Labute approximate surface area is 191 Å². The highest BCUT2D eigenvalue weighted by Gasteiger charge is 2.41. The maximum atomic E-state index is 14.2. The Kier molecular flexibility index (Phi) is 5.91. The van der Waals surface area contributed by atoms with Crippen molar-refractivity contribution in [2.24, 2.45) is 0 Å². The average Bonchev–Trinajstić information content (AvgIpc) is 3.10. The minimum absolute atomic E-state index is 0.0257. The molecule has 3 aromatic rings. The minimum atomic E-state index is -4.73. The molecular weight excluding hydrogens is 457 g/mol. The molecule has 0 saturated carbocycles. The van der Waals surface area contributed by atoms with Crippen molar-refractivity contribution in [3.63, 3.8) is 0 Å². The highest BCUT2D eigenvalue weighted by atomic mass is 32.1. The van der Waals surface area contributed by atoms with Gasteiger partial charge in [0.2, 0.25) is 5.91 Å². The normalized spacial score (nSPS) is 13.7. The molecular formula is C22H21F3N4O3S. The van der Waals surface area contributed by atoms with Crippen LogP contribution in [0.1, 0.15) is 39.0 Å². The molecule has 0 bridgehead atoms. The van der Waals surface area contributed by atoms with Crippen LogP contribution in [0.5, 0.6) is 5.75 Å². The topological polar surface area (TPSA) is 97.5 Å². The van der Waals surface area contributed by atoms with Crippen molar-refractivity contribution in [3.8, 4) is 5.75 Å². The highest BCUT2D eigenvalue weighted by Crippen LogP contribution is 2.45.